The highest BCUT2D eigenvalue weighted by Gasteiger charge is 2.34. The van der Waals surface area contributed by atoms with Gasteiger partial charge in [0.1, 0.15) is 12.4 Å². The molecular formula is C26H25BrFN3O4S. The number of carbonyl (C=O) groups excluding carboxylic acids is 2. The fourth-order valence-corrected chi connectivity index (χ4v) is 6.16. The molecule has 1 N–H and O–H groups in total. The first-order chi connectivity index (χ1) is 17.1. The normalized spacial score (nSPS) is 15.9. The van der Waals surface area contributed by atoms with Crippen molar-refractivity contribution in [2.75, 3.05) is 25.0 Å². The van der Waals surface area contributed by atoms with Crippen LogP contribution in [0.4, 0.5) is 10.1 Å². The largest absolute Gasteiger partial charge is 0.324 e. The number of hydrogen-bond donors (Lipinski definition) is 1. The van der Waals surface area contributed by atoms with E-state index in [1.807, 2.05) is 6.07 Å². The molecule has 0 radical (unpaired) electrons. The lowest BCUT2D eigenvalue weighted by atomic mass is 9.95. The number of anilines is 1. The topological polar surface area (TPSA) is 86.8 Å². The third kappa shape index (κ3) is 5.07. The summed E-state index contributed by atoms with van der Waals surface area (Å²) in [6, 6.07) is 16.1. The lowest BCUT2D eigenvalue weighted by molar-refractivity contribution is -0.117. The molecule has 0 unspecified atom stereocenters. The van der Waals surface area contributed by atoms with E-state index in [2.05, 4.69) is 21.2 Å². The average molecular weight is 574 g/mol. The predicted octanol–water partition coefficient (Wildman–Crippen LogP) is 4.80. The first-order valence-electron chi connectivity index (χ1n) is 11.4. The number of benzene rings is 3. The van der Waals surface area contributed by atoms with Gasteiger partial charge < -0.3 is 10.2 Å². The van der Waals surface area contributed by atoms with Crippen LogP contribution < -0.4 is 5.32 Å². The number of nitrogens with one attached hydrogen (secondary N) is 1. The number of nitrogens with zero attached hydrogens (tertiary/aromatic N) is 2. The van der Waals surface area contributed by atoms with Gasteiger partial charge in [0.05, 0.1) is 10.9 Å². The molecule has 10 heteroatoms. The minimum atomic E-state index is -3.68. The number of amides is 2. The molecular weight excluding hydrogens is 549 g/mol. The Hall–Kier alpha value is -3.08. The summed E-state index contributed by atoms with van der Waals surface area (Å²) in [6.45, 7) is 3.93. The van der Waals surface area contributed by atoms with Gasteiger partial charge in [0.15, 0.2) is 0 Å². The summed E-state index contributed by atoms with van der Waals surface area (Å²) in [7, 11) is -3.68. The second-order valence-electron chi connectivity index (χ2n) is 8.28. The third-order valence-electron chi connectivity index (χ3n) is 6.10. The quantitative estimate of drug-likeness (QED) is 0.458. The molecule has 2 amide bonds. The van der Waals surface area contributed by atoms with Crippen LogP contribution in [0.3, 0.4) is 0 Å². The van der Waals surface area contributed by atoms with Gasteiger partial charge in [-0.25, -0.2) is 12.8 Å². The zero-order chi connectivity index (χ0) is 26.0. The van der Waals surface area contributed by atoms with E-state index in [1.165, 1.54) is 45.6 Å². The van der Waals surface area contributed by atoms with E-state index < -0.39 is 27.8 Å². The Morgan fingerprint density at radius 1 is 1.06 bits per heavy atom. The molecule has 1 heterocycles. The molecule has 0 aromatic heterocycles. The minimum Gasteiger partial charge on any atom is -0.324 e. The Labute approximate surface area is 218 Å². The first-order valence-corrected chi connectivity index (χ1v) is 13.6. The standard InChI is InChI=1S/C26H25BrFN3O4S/c1-3-30(4-2)36(34,35)21-12-7-18(8-13-21)26(33)31-16-24(32)29-23-14-9-19(27)15-22(23)25(31)17-5-10-20(28)11-6-17/h5-15,25H,3-4,16H2,1-2H3,(H,29,32)/t25-/m1/s1. The van der Waals surface area contributed by atoms with Gasteiger partial charge in [-0.1, -0.05) is 41.9 Å². The highest BCUT2D eigenvalue weighted by Crippen LogP contribution is 2.38. The molecule has 188 valence electrons. The molecule has 1 aliphatic heterocycles. The Morgan fingerprint density at radius 3 is 2.31 bits per heavy atom. The van der Waals surface area contributed by atoms with Crippen LogP contribution in [0.25, 0.3) is 0 Å². The van der Waals surface area contributed by atoms with Crippen molar-refractivity contribution < 1.29 is 22.4 Å². The van der Waals surface area contributed by atoms with Gasteiger partial charge in [0, 0.05) is 34.4 Å². The van der Waals surface area contributed by atoms with E-state index in [-0.39, 0.29) is 22.9 Å². The van der Waals surface area contributed by atoms with Crippen LogP contribution in [0.5, 0.6) is 0 Å². The Morgan fingerprint density at radius 2 is 1.69 bits per heavy atom. The number of carbonyl (C=O) groups is 2. The average Bonchev–Trinajstić information content (AvgIpc) is 3.00. The molecule has 3 aromatic rings. The van der Waals surface area contributed by atoms with Crippen molar-refractivity contribution in [2.45, 2.75) is 24.8 Å². The second kappa shape index (κ2) is 10.5. The predicted molar refractivity (Wildman–Crippen MR) is 139 cm³/mol. The molecule has 0 aliphatic carbocycles. The molecule has 0 bridgehead atoms. The summed E-state index contributed by atoms with van der Waals surface area (Å²) in [5.74, 6) is -1.25. The zero-order valence-electron chi connectivity index (χ0n) is 19.7. The van der Waals surface area contributed by atoms with E-state index in [9.17, 15) is 22.4 Å². The van der Waals surface area contributed by atoms with E-state index in [0.717, 1.165) is 4.47 Å². The number of fused-ring (bicyclic) bond motifs is 1. The van der Waals surface area contributed by atoms with E-state index >= 15 is 0 Å². The van der Waals surface area contributed by atoms with Crippen molar-refractivity contribution >= 4 is 43.5 Å². The van der Waals surface area contributed by atoms with Crippen LogP contribution in [0.1, 0.15) is 41.4 Å². The summed E-state index contributed by atoms with van der Waals surface area (Å²) in [4.78, 5) is 28.0. The van der Waals surface area contributed by atoms with Crippen molar-refractivity contribution in [3.05, 3.63) is 93.7 Å². The van der Waals surface area contributed by atoms with Gasteiger partial charge in [-0.3, -0.25) is 9.59 Å². The summed E-state index contributed by atoms with van der Waals surface area (Å²) in [6.07, 6.45) is 0. The molecule has 0 spiro atoms. The van der Waals surface area contributed by atoms with Crippen LogP contribution in [0, 0.1) is 5.82 Å². The fourth-order valence-electron chi connectivity index (χ4n) is 4.32. The van der Waals surface area contributed by atoms with Crippen LogP contribution in [-0.2, 0) is 14.8 Å². The maximum atomic E-state index is 13.8. The molecule has 0 fully saturated rings. The van der Waals surface area contributed by atoms with Crippen LogP contribution >= 0.6 is 15.9 Å². The van der Waals surface area contributed by atoms with E-state index in [0.29, 0.717) is 29.9 Å². The Balaban J connectivity index is 1.78. The van der Waals surface area contributed by atoms with Crippen molar-refractivity contribution in [3.8, 4) is 0 Å². The molecule has 1 atom stereocenters. The van der Waals surface area contributed by atoms with E-state index in [4.69, 9.17) is 0 Å². The molecule has 0 saturated carbocycles. The number of halogens is 2. The maximum Gasteiger partial charge on any atom is 0.255 e. The van der Waals surface area contributed by atoms with Crippen molar-refractivity contribution in [2.24, 2.45) is 0 Å². The summed E-state index contributed by atoms with van der Waals surface area (Å²) in [5.41, 5.74) is 2.07. The molecule has 1 aliphatic rings. The Bertz CT molecular complexity index is 1390. The molecule has 0 saturated heterocycles. The second-order valence-corrected chi connectivity index (χ2v) is 11.1. The zero-order valence-corrected chi connectivity index (χ0v) is 22.1. The third-order valence-corrected chi connectivity index (χ3v) is 8.66. The van der Waals surface area contributed by atoms with Gasteiger partial charge >= 0.3 is 0 Å². The van der Waals surface area contributed by atoms with Crippen molar-refractivity contribution in [1.29, 1.82) is 0 Å². The van der Waals surface area contributed by atoms with Crippen LogP contribution in [0.15, 0.2) is 76.1 Å². The summed E-state index contributed by atoms with van der Waals surface area (Å²) >= 11 is 3.46. The molecule has 36 heavy (non-hydrogen) atoms. The van der Waals surface area contributed by atoms with Gasteiger partial charge in [0.25, 0.3) is 5.91 Å². The van der Waals surface area contributed by atoms with Gasteiger partial charge in [-0.2, -0.15) is 4.31 Å². The number of rotatable bonds is 6. The van der Waals surface area contributed by atoms with Crippen LogP contribution in [-0.4, -0.2) is 49.1 Å². The van der Waals surface area contributed by atoms with Crippen molar-refractivity contribution in [1.82, 2.24) is 9.21 Å². The summed E-state index contributed by atoms with van der Waals surface area (Å²) < 4.78 is 41.5. The highest BCUT2D eigenvalue weighted by molar-refractivity contribution is 9.10. The fraction of sp³-hybridized carbons (Fsp3) is 0.231. The maximum absolute atomic E-state index is 13.8. The minimum absolute atomic E-state index is 0.0840. The number of sulfonamides is 1. The molecule has 4 rings (SSSR count). The lowest BCUT2D eigenvalue weighted by Gasteiger charge is -2.31. The van der Waals surface area contributed by atoms with Crippen molar-refractivity contribution in [3.63, 3.8) is 0 Å². The highest BCUT2D eigenvalue weighted by atomic mass is 79.9. The van der Waals surface area contributed by atoms with Crippen LogP contribution in [0.2, 0.25) is 0 Å². The SMILES string of the molecule is CCN(CC)S(=O)(=O)c1ccc(C(=O)N2CC(=O)Nc3ccc(Br)cc3[C@H]2c2ccc(F)cc2)cc1. The molecule has 3 aromatic carbocycles. The monoisotopic (exact) mass is 573 g/mol. The van der Waals surface area contributed by atoms with Gasteiger partial charge in [-0.15, -0.1) is 0 Å². The number of hydrogen-bond acceptors (Lipinski definition) is 4. The smallest absolute Gasteiger partial charge is 0.255 e. The van der Waals surface area contributed by atoms with E-state index in [1.54, 1.807) is 38.1 Å². The molecule has 7 nitrogen and oxygen atoms in total. The Kier molecular flexibility index (Phi) is 7.58. The van der Waals surface area contributed by atoms with Gasteiger partial charge in [-0.05, 0) is 60.2 Å². The summed E-state index contributed by atoms with van der Waals surface area (Å²) in [5, 5.41) is 2.84. The van der Waals surface area contributed by atoms with Gasteiger partial charge in [0.2, 0.25) is 15.9 Å². The first kappa shape index (κ1) is 26.0. The lowest BCUT2D eigenvalue weighted by Crippen LogP contribution is -2.39.